The average molecular weight is 249 g/mol. The normalized spacial score (nSPS) is 21.2. The Bertz CT molecular complexity index is 374. The van der Waals surface area contributed by atoms with Crippen molar-refractivity contribution in [2.45, 2.75) is 51.1 Å². The van der Waals surface area contributed by atoms with E-state index in [2.05, 4.69) is 11.9 Å². The van der Waals surface area contributed by atoms with E-state index in [0.717, 1.165) is 44.3 Å². The first kappa shape index (κ1) is 13.1. The molecule has 0 bridgehead atoms. The van der Waals surface area contributed by atoms with Gasteiger partial charge in [0.05, 0.1) is 12.1 Å². The van der Waals surface area contributed by atoms with Gasteiger partial charge in [-0.15, -0.1) is 0 Å². The van der Waals surface area contributed by atoms with E-state index in [-0.39, 0.29) is 18.0 Å². The fraction of sp³-hybridized carbons (Fsp3) is 0.643. The number of rotatable bonds is 5. The zero-order valence-corrected chi connectivity index (χ0v) is 11.1. The van der Waals surface area contributed by atoms with Gasteiger partial charge >= 0.3 is 0 Å². The summed E-state index contributed by atoms with van der Waals surface area (Å²) in [6, 6.07) is 3.89. The monoisotopic (exact) mass is 249 g/mol. The Hall–Kier alpha value is -1.29. The lowest BCUT2D eigenvalue weighted by molar-refractivity contribution is -0.133. The molecule has 3 N–H and O–H groups in total. The molecule has 100 valence electrons. The highest BCUT2D eigenvalue weighted by atomic mass is 16.2. The molecule has 1 saturated heterocycles. The summed E-state index contributed by atoms with van der Waals surface area (Å²) in [4.78, 5) is 17.5. The van der Waals surface area contributed by atoms with Crippen LogP contribution in [0, 0.1) is 0 Å². The Balaban J connectivity index is 2.00. The highest BCUT2D eigenvalue weighted by Gasteiger charge is 2.32. The third-order valence-electron chi connectivity index (χ3n) is 3.70. The van der Waals surface area contributed by atoms with Gasteiger partial charge in [0.2, 0.25) is 5.91 Å². The molecule has 1 aliphatic rings. The van der Waals surface area contributed by atoms with Gasteiger partial charge in [-0.25, -0.2) is 0 Å². The van der Waals surface area contributed by atoms with Crippen molar-refractivity contribution in [3.8, 4) is 0 Å². The van der Waals surface area contributed by atoms with Crippen molar-refractivity contribution in [2.75, 3.05) is 6.54 Å². The van der Waals surface area contributed by atoms with E-state index in [1.165, 1.54) is 0 Å². The molecule has 2 rings (SSSR count). The van der Waals surface area contributed by atoms with E-state index in [1.807, 2.05) is 23.2 Å². The quantitative estimate of drug-likeness (QED) is 0.840. The molecule has 4 nitrogen and oxygen atoms in total. The molecular weight excluding hydrogens is 226 g/mol. The van der Waals surface area contributed by atoms with E-state index in [4.69, 9.17) is 5.73 Å². The van der Waals surface area contributed by atoms with E-state index in [0.29, 0.717) is 0 Å². The Kier molecular flexibility index (Phi) is 4.42. The molecule has 0 saturated carbocycles. The summed E-state index contributed by atoms with van der Waals surface area (Å²) in [5, 5.41) is 0. The van der Waals surface area contributed by atoms with Crippen LogP contribution < -0.4 is 5.73 Å². The summed E-state index contributed by atoms with van der Waals surface area (Å²) in [5.41, 5.74) is 7.13. The summed E-state index contributed by atoms with van der Waals surface area (Å²) in [7, 11) is 0. The van der Waals surface area contributed by atoms with Gasteiger partial charge < -0.3 is 15.6 Å². The summed E-state index contributed by atoms with van der Waals surface area (Å²) >= 11 is 0. The second kappa shape index (κ2) is 6.05. The zero-order valence-electron chi connectivity index (χ0n) is 11.1. The lowest BCUT2D eigenvalue weighted by Gasteiger charge is -2.27. The number of carbonyl (C=O) groups excluding carboxylic acids is 1. The maximum atomic E-state index is 12.3. The molecule has 1 unspecified atom stereocenters. The number of nitrogens with one attached hydrogen (secondary N) is 1. The van der Waals surface area contributed by atoms with E-state index in [9.17, 15) is 4.79 Å². The number of nitrogens with zero attached hydrogens (tertiary/aromatic N) is 1. The zero-order chi connectivity index (χ0) is 13.0. The molecule has 2 atom stereocenters. The molecule has 1 aliphatic heterocycles. The number of hydrogen-bond donors (Lipinski definition) is 2. The van der Waals surface area contributed by atoms with E-state index in [1.54, 1.807) is 0 Å². The van der Waals surface area contributed by atoms with Gasteiger partial charge in [0.15, 0.2) is 0 Å². The smallest absolute Gasteiger partial charge is 0.240 e. The third-order valence-corrected chi connectivity index (χ3v) is 3.70. The first-order chi connectivity index (χ1) is 8.74. The van der Waals surface area contributed by atoms with Crippen molar-refractivity contribution in [1.29, 1.82) is 0 Å². The molecule has 1 aromatic rings. The van der Waals surface area contributed by atoms with Crippen LogP contribution in [-0.2, 0) is 4.79 Å². The fourth-order valence-corrected chi connectivity index (χ4v) is 2.67. The Morgan fingerprint density at radius 3 is 3.17 bits per heavy atom. The van der Waals surface area contributed by atoms with Crippen LogP contribution in [0.4, 0.5) is 0 Å². The number of amides is 1. The SMILES string of the molecule is CCCC[C@H](N)C(=O)N1CCCC1c1ccc[nH]1. The number of hydrogen-bond acceptors (Lipinski definition) is 2. The predicted octanol–water partition coefficient (Wildman–Crippen LogP) is 2.20. The van der Waals surface area contributed by atoms with Gasteiger partial charge in [-0.2, -0.15) is 0 Å². The predicted molar refractivity (Wildman–Crippen MR) is 72.0 cm³/mol. The molecule has 0 spiro atoms. The van der Waals surface area contributed by atoms with Crippen LogP contribution in [0.1, 0.15) is 50.8 Å². The standard InChI is InChI=1S/C14H23N3O/c1-2-3-6-11(15)14(18)17-10-5-8-13(17)12-7-4-9-16-12/h4,7,9,11,13,16H,2-3,5-6,8,10,15H2,1H3/t11-,13?/m0/s1. The van der Waals surface area contributed by atoms with Crippen LogP contribution in [0.3, 0.4) is 0 Å². The van der Waals surface area contributed by atoms with Gasteiger partial charge in [-0.1, -0.05) is 19.8 Å². The first-order valence-electron chi connectivity index (χ1n) is 6.93. The summed E-state index contributed by atoms with van der Waals surface area (Å²) in [6.07, 6.45) is 6.91. The van der Waals surface area contributed by atoms with Crippen LogP contribution in [0.2, 0.25) is 0 Å². The Morgan fingerprint density at radius 1 is 1.67 bits per heavy atom. The second-order valence-corrected chi connectivity index (χ2v) is 5.06. The number of aromatic nitrogens is 1. The van der Waals surface area contributed by atoms with Crippen molar-refractivity contribution in [3.05, 3.63) is 24.0 Å². The minimum Gasteiger partial charge on any atom is -0.363 e. The molecule has 0 aliphatic carbocycles. The molecule has 1 fully saturated rings. The summed E-state index contributed by atoms with van der Waals surface area (Å²) < 4.78 is 0. The van der Waals surface area contributed by atoms with Crippen LogP contribution in [0.25, 0.3) is 0 Å². The number of H-pyrrole nitrogens is 1. The van der Waals surface area contributed by atoms with Gasteiger partial charge in [-0.3, -0.25) is 4.79 Å². The molecule has 1 aromatic heterocycles. The van der Waals surface area contributed by atoms with Crippen LogP contribution >= 0.6 is 0 Å². The Morgan fingerprint density at radius 2 is 2.50 bits per heavy atom. The van der Waals surface area contributed by atoms with Crippen LogP contribution in [-0.4, -0.2) is 28.4 Å². The van der Waals surface area contributed by atoms with Gasteiger partial charge in [0.25, 0.3) is 0 Å². The molecule has 0 aromatic carbocycles. The Labute approximate surface area is 109 Å². The minimum absolute atomic E-state index is 0.112. The first-order valence-corrected chi connectivity index (χ1v) is 6.93. The lowest BCUT2D eigenvalue weighted by Crippen LogP contribution is -2.43. The number of nitrogens with two attached hydrogens (primary N) is 1. The fourth-order valence-electron chi connectivity index (χ4n) is 2.67. The lowest BCUT2D eigenvalue weighted by atomic mass is 10.1. The van der Waals surface area contributed by atoms with Gasteiger partial charge in [-0.05, 0) is 31.4 Å². The average Bonchev–Trinajstić information content (AvgIpc) is 3.03. The third kappa shape index (κ3) is 2.75. The maximum Gasteiger partial charge on any atom is 0.240 e. The van der Waals surface area contributed by atoms with Gasteiger partial charge in [0.1, 0.15) is 0 Å². The number of carbonyl (C=O) groups is 1. The van der Waals surface area contributed by atoms with Crippen molar-refractivity contribution in [3.63, 3.8) is 0 Å². The molecule has 4 heteroatoms. The molecule has 1 amide bonds. The summed E-state index contributed by atoms with van der Waals surface area (Å²) in [5.74, 6) is 0.112. The number of likely N-dealkylation sites (tertiary alicyclic amines) is 1. The van der Waals surface area contributed by atoms with Crippen molar-refractivity contribution in [1.82, 2.24) is 9.88 Å². The van der Waals surface area contributed by atoms with E-state index < -0.39 is 0 Å². The van der Waals surface area contributed by atoms with Crippen molar-refractivity contribution in [2.24, 2.45) is 5.73 Å². The largest absolute Gasteiger partial charge is 0.363 e. The topological polar surface area (TPSA) is 62.1 Å². The molecule has 18 heavy (non-hydrogen) atoms. The van der Waals surface area contributed by atoms with Crippen LogP contribution in [0.5, 0.6) is 0 Å². The highest BCUT2D eigenvalue weighted by molar-refractivity contribution is 5.82. The van der Waals surface area contributed by atoms with Crippen molar-refractivity contribution >= 4 is 5.91 Å². The highest BCUT2D eigenvalue weighted by Crippen LogP contribution is 2.31. The van der Waals surface area contributed by atoms with E-state index >= 15 is 0 Å². The molecular formula is C14H23N3O. The van der Waals surface area contributed by atoms with Crippen LogP contribution in [0.15, 0.2) is 18.3 Å². The minimum atomic E-state index is -0.333. The number of aromatic amines is 1. The van der Waals surface area contributed by atoms with Gasteiger partial charge in [0, 0.05) is 18.4 Å². The van der Waals surface area contributed by atoms with Crippen molar-refractivity contribution < 1.29 is 4.79 Å². The molecule has 2 heterocycles. The maximum absolute atomic E-state index is 12.3. The number of unbranched alkanes of at least 4 members (excludes halogenated alkanes) is 1. The summed E-state index contributed by atoms with van der Waals surface area (Å²) in [6.45, 7) is 2.96. The molecule has 0 radical (unpaired) electrons. The second-order valence-electron chi connectivity index (χ2n) is 5.06.